The third-order valence-electron chi connectivity index (χ3n) is 4.04. The smallest absolute Gasteiger partial charge is 0.260 e. The predicted octanol–water partition coefficient (Wildman–Crippen LogP) is 2.15. The minimum atomic E-state index is -0.330. The van der Waals surface area contributed by atoms with Crippen molar-refractivity contribution in [1.29, 1.82) is 0 Å². The second-order valence-electron chi connectivity index (χ2n) is 5.91. The summed E-state index contributed by atoms with van der Waals surface area (Å²) in [6, 6.07) is 4.78. The normalized spacial score (nSPS) is 13.8. The first-order valence-corrected chi connectivity index (χ1v) is 10.8. The van der Waals surface area contributed by atoms with Gasteiger partial charge in [-0.25, -0.2) is 0 Å². The molecule has 1 fully saturated rings. The minimum absolute atomic E-state index is 0.107. The largest absolute Gasteiger partial charge is 0.493 e. The number of nitrogens with one attached hydrogen (secondary N) is 1. The molecule has 0 radical (unpaired) electrons. The Hall–Kier alpha value is -2.37. The molecule has 1 N–H and O–H groups in total. The number of aromatic nitrogens is 2. The molecule has 1 aromatic heterocycles. The van der Waals surface area contributed by atoms with Crippen LogP contribution in [-0.4, -0.2) is 72.7 Å². The molecule has 0 aliphatic carbocycles. The second-order valence-corrected chi connectivity index (χ2v) is 8.40. The van der Waals surface area contributed by atoms with E-state index in [0.29, 0.717) is 48.5 Å². The van der Waals surface area contributed by atoms with E-state index in [9.17, 15) is 9.59 Å². The first-order valence-electron chi connectivity index (χ1n) is 9.04. The highest BCUT2D eigenvalue weighted by Gasteiger charge is 2.19. The molecule has 156 valence electrons. The number of nitrogens with zero attached hydrogens (tertiary/aromatic N) is 3. The SMILES string of the molecule is CCSc1nnc(NC(=O)c2ccc(OCC(=O)N3CCOCC3)c(OC)c2)s1. The summed E-state index contributed by atoms with van der Waals surface area (Å²) in [6.07, 6.45) is 0. The molecule has 1 aromatic carbocycles. The Morgan fingerprint density at radius 1 is 1.28 bits per heavy atom. The van der Waals surface area contributed by atoms with Gasteiger partial charge in [0.1, 0.15) is 0 Å². The van der Waals surface area contributed by atoms with Gasteiger partial charge in [0.2, 0.25) is 5.13 Å². The highest BCUT2D eigenvalue weighted by Crippen LogP contribution is 2.29. The second kappa shape index (κ2) is 10.4. The van der Waals surface area contributed by atoms with E-state index < -0.39 is 0 Å². The lowest BCUT2D eigenvalue weighted by atomic mass is 10.2. The van der Waals surface area contributed by atoms with Crippen molar-refractivity contribution in [3.8, 4) is 11.5 Å². The number of ether oxygens (including phenoxy) is 3. The van der Waals surface area contributed by atoms with Crippen LogP contribution in [0, 0.1) is 0 Å². The van der Waals surface area contributed by atoms with Crippen molar-refractivity contribution >= 4 is 40.0 Å². The van der Waals surface area contributed by atoms with E-state index >= 15 is 0 Å². The lowest BCUT2D eigenvalue weighted by Crippen LogP contribution is -2.43. The summed E-state index contributed by atoms with van der Waals surface area (Å²) in [5, 5.41) is 11.1. The first-order chi connectivity index (χ1) is 14.1. The van der Waals surface area contributed by atoms with Crippen molar-refractivity contribution in [3.63, 3.8) is 0 Å². The molecule has 11 heteroatoms. The number of hydrogen-bond acceptors (Lipinski definition) is 9. The minimum Gasteiger partial charge on any atom is -0.493 e. The number of carbonyl (C=O) groups excluding carboxylic acids is 2. The topological polar surface area (TPSA) is 103 Å². The van der Waals surface area contributed by atoms with E-state index in [1.807, 2.05) is 6.92 Å². The zero-order chi connectivity index (χ0) is 20.6. The fourth-order valence-corrected chi connectivity index (χ4v) is 4.23. The van der Waals surface area contributed by atoms with Crippen molar-refractivity contribution in [2.45, 2.75) is 11.3 Å². The van der Waals surface area contributed by atoms with Gasteiger partial charge < -0.3 is 19.1 Å². The monoisotopic (exact) mass is 438 g/mol. The van der Waals surface area contributed by atoms with Crippen LogP contribution in [0.4, 0.5) is 5.13 Å². The van der Waals surface area contributed by atoms with Gasteiger partial charge in [0.05, 0.1) is 20.3 Å². The standard InChI is InChI=1S/C18H22N4O5S2/c1-3-28-18-21-20-17(29-18)19-16(24)12-4-5-13(14(10-12)25-2)27-11-15(23)22-6-8-26-9-7-22/h4-5,10H,3,6-9,11H2,1-2H3,(H,19,20,24). The van der Waals surface area contributed by atoms with Crippen LogP contribution in [0.2, 0.25) is 0 Å². The first kappa shape index (κ1) is 21.3. The van der Waals surface area contributed by atoms with Crippen molar-refractivity contribution in [2.24, 2.45) is 0 Å². The number of morpholine rings is 1. The number of methoxy groups -OCH3 is 1. The Labute approximate surface area is 176 Å². The van der Waals surface area contributed by atoms with Crippen LogP contribution in [0.15, 0.2) is 22.5 Å². The van der Waals surface area contributed by atoms with Crippen LogP contribution in [0.25, 0.3) is 0 Å². The Morgan fingerprint density at radius 3 is 2.79 bits per heavy atom. The van der Waals surface area contributed by atoms with Crippen molar-refractivity contribution in [1.82, 2.24) is 15.1 Å². The Bertz CT molecular complexity index is 855. The Morgan fingerprint density at radius 2 is 2.07 bits per heavy atom. The van der Waals surface area contributed by atoms with E-state index in [0.717, 1.165) is 10.1 Å². The quantitative estimate of drug-likeness (QED) is 0.494. The van der Waals surface area contributed by atoms with Gasteiger partial charge in [0.15, 0.2) is 22.4 Å². The fourth-order valence-electron chi connectivity index (χ4n) is 2.58. The molecule has 9 nitrogen and oxygen atoms in total. The molecule has 29 heavy (non-hydrogen) atoms. The van der Waals surface area contributed by atoms with Crippen LogP contribution in [0.5, 0.6) is 11.5 Å². The molecule has 0 saturated carbocycles. The Kier molecular flexibility index (Phi) is 7.67. The predicted molar refractivity (Wildman–Crippen MR) is 110 cm³/mol. The molecule has 2 amide bonds. The molecule has 0 atom stereocenters. The fraction of sp³-hybridized carbons (Fsp3) is 0.444. The zero-order valence-corrected chi connectivity index (χ0v) is 17.8. The van der Waals surface area contributed by atoms with Gasteiger partial charge in [-0.05, 0) is 24.0 Å². The van der Waals surface area contributed by atoms with Crippen LogP contribution in [-0.2, 0) is 9.53 Å². The molecule has 2 aromatic rings. The molecule has 0 bridgehead atoms. The van der Waals surface area contributed by atoms with Crippen LogP contribution in [0.3, 0.4) is 0 Å². The van der Waals surface area contributed by atoms with Gasteiger partial charge in [-0.15, -0.1) is 10.2 Å². The molecule has 3 rings (SSSR count). The molecule has 0 spiro atoms. The number of thioether (sulfide) groups is 1. The number of anilines is 1. The van der Waals surface area contributed by atoms with Crippen LogP contribution >= 0.6 is 23.1 Å². The number of benzene rings is 1. The van der Waals surface area contributed by atoms with Gasteiger partial charge >= 0.3 is 0 Å². The summed E-state index contributed by atoms with van der Waals surface area (Å²) in [5.74, 6) is 1.20. The summed E-state index contributed by atoms with van der Waals surface area (Å²) in [7, 11) is 1.48. The van der Waals surface area contributed by atoms with Crippen molar-refractivity contribution in [3.05, 3.63) is 23.8 Å². The van der Waals surface area contributed by atoms with Gasteiger partial charge in [0, 0.05) is 18.7 Å². The maximum atomic E-state index is 12.5. The summed E-state index contributed by atoms with van der Waals surface area (Å²) < 4.78 is 17.0. The molecular weight excluding hydrogens is 416 g/mol. The molecule has 1 aliphatic rings. The number of amides is 2. The third-order valence-corrected chi connectivity index (χ3v) is 5.89. The summed E-state index contributed by atoms with van der Waals surface area (Å²) in [4.78, 5) is 26.4. The van der Waals surface area contributed by atoms with Gasteiger partial charge in [-0.2, -0.15) is 0 Å². The van der Waals surface area contributed by atoms with Crippen molar-refractivity contribution in [2.75, 3.05) is 51.1 Å². The van der Waals surface area contributed by atoms with E-state index in [1.165, 1.54) is 18.4 Å². The molecular formula is C18H22N4O5S2. The lowest BCUT2D eigenvalue weighted by Gasteiger charge is -2.26. The molecule has 1 aliphatic heterocycles. The van der Waals surface area contributed by atoms with E-state index in [2.05, 4.69) is 15.5 Å². The lowest BCUT2D eigenvalue weighted by molar-refractivity contribution is -0.137. The van der Waals surface area contributed by atoms with E-state index in [-0.39, 0.29) is 18.4 Å². The number of hydrogen-bond donors (Lipinski definition) is 1. The average molecular weight is 439 g/mol. The van der Waals surface area contributed by atoms with E-state index in [4.69, 9.17) is 14.2 Å². The Balaban J connectivity index is 1.61. The number of carbonyl (C=O) groups is 2. The summed E-state index contributed by atoms with van der Waals surface area (Å²) in [5.41, 5.74) is 0.383. The number of rotatable bonds is 8. The van der Waals surface area contributed by atoms with E-state index in [1.54, 1.807) is 34.9 Å². The highest BCUT2D eigenvalue weighted by atomic mass is 32.2. The molecule has 0 unspecified atom stereocenters. The maximum absolute atomic E-state index is 12.5. The maximum Gasteiger partial charge on any atom is 0.260 e. The third kappa shape index (κ3) is 5.81. The zero-order valence-electron chi connectivity index (χ0n) is 16.2. The summed E-state index contributed by atoms with van der Waals surface area (Å²) in [6.45, 7) is 4.10. The highest BCUT2D eigenvalue weighted by molar-refractivity contribution is 8.01. The van der Waals surface area contributed by atoms with Gasteiger partial charge in [-0.1, -0.05) is 30.0 Å². The summed E-state index contributed by atoms with van der Waals surface area (Å²) >= 11 is 2.88. The van der Waals surface area contributed by atoms with Gasteiger partial charge in [-0.3, -0.25) is 14.9 Å². The molecule has 1 saturated heterocycles. The van der Waals surface area contributed by atoms with Crippen LogP contribution in [0.1, 0.15) is 17.3 Å². The van der Waals surface area contributed by atoms with Crippen molar-refractivity contribution < 1.29 is 23.8 Å². The average Bonchev–Trinajstić information content (AvgIpc) is 3.19. The van der Waals surface area contributed by atoms with Crippen LogP contribution < -0.4 is 14.8 Å². The van der Waals surface area contributed by atoms with Gasteiger partial charge in [0.25, 0.3) is 11.8 Å². The molecule has 2 heterocycles.